The Morgan fingerprint density at radius 3 is 2.55 bits per heavy atom. The second-order valence-corrected chi connectivity index (χ2v) is 3.69. The molecule has 11 heavy (non-hydrogen) atoms. The fraction of sp³-hybridized carbons (Fsp3) is 0.889. The minimum Gasteiger partial charge on any atom is -0.340 e. The van der Waals surface area contributed by atoms with E-state index in [2.05, 4.69) is 13.8 Å². The molecule has 1 rings (SSSR count). The Bertz CT molecular complexity index is 156. The van der Waals surface area contributed by atoms with Crippen LogP contribution in [-0.4, -0.2) is 23.4 Å². The quantitative estimate of drug-likeness (QED) is 0.521. The maximum absolute atomic E-state index is 11.0. The normalized spacial score (nSPS) is 32.1. The Labute approximate surface area is 68.6 Å². The first-order valence-electron chi connectivity index (χ1n) is 4.38. The van der Waals surface area contributed by atoms with Gasteiger partial charge in [0, 0.05) is 19.5 Å². The molecule has 0 spiro atoms. The minimum absolute atomic E-state index is 0.226. The summed E-state index contributed by atoms with van der Waals surface area (Å²) < 4.78 is 0. The summed E-state index contributed by atoms with van der Waals surface area (Å²) in [6.07, 6.45) is 2.34. The molecule has 0 aromatic rings. The van der Waals surface area contributed by atoms with Crippen molar-refractivity contribution >= 4 is 5.91 Å². The maximum atomic E-state index is 11.0. The largest absolute Gasteiger partial charge is 0.340 e. The van der Waals surface area contributed by atoms with Gasteiger partial charge < -0.3 is 4.90 Å². The Hall–Kier alpha value is -0.530. The summed E-state index contributed by atoms with van der Waals surface area (Å²) >= 11 is 0. The third-order valence-corrected chi connectivity index (χ3v) is 2.54. The highest BCUT2D eigenvalue weighted by Crippen LogP contribution is 2.21. The SMILES string of the molecule is CC(=O)N1CC[C@@H](C)C[C@H]1C. The number of likely N-dealkylation sites (tertiary alicyclic amines) is 1. The van der Waals surface area contributed by atoms with Gasteiger partial charge in [-0.05, 0) is 25.7 Å². The Kier molecular flexibility index (Phi) is 2.53. The van der Waals surface area contributed by atoms with Crippen molar-refractivity contribution in [1.29, 1.82) is 0 Å². The summed E-state index contributed by atoms with van der Waals surface area (Å²) in [5.41, 5.74) is 0. The zero-order chi connectivity index (χ0) is 8.43. The van der Waals surface area contributed by atoms with Crippen LogP contribution in [0.15, 0.2) is 0 Å². The smallest absolute Gasteiger partial charge is 0.219 e. The molecule has 1 heterocycles. The molecule has 0 aliphatic carbocycles. The van der Waals surface area contributed by atoms with Gasteiger partial charge in [-0.1, -0.05) is 6.92 Å². The number of rotatable bonds is 0. The predicted octanol–water partition coefficient (Wildman–Crippen LogP) is 1.65. The molecule has 2 nitrogen and oxygen atoms in total. The van der Waals surface area contributed by atoms with Gasteiger partial charge >= 0.3 is 0 Å². The first-order valence-corrected chi connectivity index (χ1v) is 4.38. The molecular weight excluding hydrogens is 138 g/mol. The van der Waals surface area contributed by atoms with Gasteiger partial charge in [0.2, 0.25) is 5.91 Å². The topological polar surface area (TPSA) is 20.3 Å². The zero-order valence-electron chi connectivity index (χ0n) is 7.63. The fourth-order valence-corrected chi connectivity index (χ4v) is 1.88. The van der Waals surface area contributed by atoms with E-state index in [-0.39, 0.29) is 5.91 Å². The molecule has 0 radical (unpaired) electrons. The lowest BCUT2D eigenvalue weighted by Gasteiger charge is -2.35. The highest BCUT2D eigenvalue weighted by atomic mass is 16.2. The van der Waals surface area contributed by atoms with Crippen molar-refractivity contribution in [1.82, 2.24) is 4.90 Å². The van der Waals surface area contributed by atoms with Crippen LogP contribution in [0.25, 0.3) is 0 Å². The van der Waals surface area contributed by atoms with E-state index >= 15 is 0 Å². The van der Waals surface area contributed by atoms with Gasteiger partial charge in [0.05, 0.1) is 0 Å². The molecule has 1 aliphatic rings. The van der Waals surface area contributed by atoms with Crippen LogP contribution in [0.1, 0.15) is 33.6 Å². The summed E-state index contributed by atoms with van der Waals surface area (Å²) in [7, 11) is 0. The summed E-state index contributed by atoms with van der Waals surface area (Å²) in [5.74, 6) is 1.02. The first kappa shape index (κ1) is 8.57. The Morgan fingerprint density at radius 2 is 2.09 bits per heavy atom. The molecule has 0 aromatic carbocycles. The lowest BCUT2D eigenvalue weighted by molar-refractivity contribution is -0.132. The van der Waals surface area contributed by atoms with Crippen LogP contribution in [0.3, 0.4) is 0 Å². The zero-order valence-corrected chi connectivity index (χ0v) is 7.63. The van der Waals surface area contributed by atoms with Crippen molar-refractivity contribution in [2.45, 2.75) is 39.7 Å². The van der Waals surface area contributed by atoms with Crippen molar-refractivity contribution < 1.29 is 4.79 Å². The number of amides is 1. The molecule has 0 bridgehead atoms. The number of carbonyl (C=O) groups is 1. The standard InChI is InChI=1S/C9H17NO/c1-7-4-5-10(9(3)11)8(2)6-7/h7-8H,4-6H2,1-3H3/t7-,8-/m1/s1. The van der Waals surface area contributed by atoms with E-state index < -0.39 is 0 Å². The Balaban J connectivity index is 2.50. The molecule has 1 aliphatic heterocycles. The Morgan fingerprint density at radius 1 is 1.45 bits per heavy atom. The molecule has 64 valence electrons. The van der Waals surface area contributed by atoms with E-state index in [1.807, 2.05) is 4.90 Å². The second kappa shape index (κ2) is 3.24. The molecule has 2 atom stereocenters. The van der Waals surface area contributed by atoms with Crippen LogP contribution < -0.4 is 0 Å². The van der Waals surface area contributed by atoms with Gasteiger partial charge in [-0.3, -0.25) is 4.79 Å². The molecular formula is C9H17NO. The van der Waals surface area contributed by atoms with Crippen LogP contribution in [0, 0.1) is 5.92 Å². The first-order chi connectivity index (χ1) is 5.11. The van der Waals surface area contributed by atoms with Gasteiger partial charge in [-0.2, -0.15) is 0 Å². The summed E-state index contributed by atoms with van der Waals surface area (Å²) in [6.45, 7) is 7.01. The summed E-state index contributed by atoms with van der Waals surface area (Å²) in [6, 6.07) is 0.455. The van der Waals surface area contributed by atoms with Crippen molar-refractivity contribution in [2.75, 3.05) is 6.54 Å². The van der Waals surface area contributed by atoms with Crippen molar-refractivity contribution in [3.8, 4) is 0 Å². The van der Waals surface area contributed by atoms with Crippen LogP contribution in [0.2, 0.25) is 0 Å². The molecule has 1 fully saturated rings. The predicted molar refractivity (Wildman–Crippen MR) is 45.2 cm³/mol. The molecule has 1 amide bonds. The van der Waals surface area contributed by atoms with E-state index in [9.17, 15) is 4.79 Å². The molecule has 1 saturated heterocycles. The fourth-order valence-electron chi connectivity index (χ4n) is 1.88. The highest BCUT2D eigenvalue weighted by Gasteiger charge is 2.23. The molecule has 0 aromatic heterocycles. The average molecular weight is 155 g/mol. The van der Waals surface area contributed by atoms with Crippen molar-refractivity contribution in [3.63, 3.8) is 0 Å². The van der Waals surface area contributed by atoms with E-state index in [1.54, 1.807) is 6.92 Å². The van der Waals surface area contributed by atoms with E-state index in [0.717, 1.165) is 12.5 Å². The second-order valence-electron chi connectivity index (χ2n) is 3.69. The van der Waals surface area contributed by atoms with Crippen molar-refractivity contribution in [2.24, 2.45) is 5.92 Å². The van der Waals surface area contributed by atoms with Crippen LogP contribution >= 0.6 is 0 Å². The molecule has 0 saturated carbocycles. The van der Waals surface area contributed by atoms with Crippen LogP contribution in [-0.2, 0) is 4.79 Å². The third-order valence-electron chi connectivity index (χ3n) is 2.54. The lowest BCUT2D eigenvalue weighted by atomic mass is 9.93. The third kappa shape index (κ3) is 1.95. The van der Waals surface area contributed by atoms with Crippen LogP contribution in [0.4, 0.5) is 0 Å². The number of piperidine rings is 1. The average Bonchev–Trinajstić information content (AvgIpc) is 1.85. The number of nitrogens with zero attached hydrogens (tertiary/aromatic N) is 1. The van der Waals surface area contributed by atoms with Gasteiger partial charge in [-0.15, -0.1) is 0 Å². The molecule has 2 heteroatoms. The summed E-state index contributed by atoms with van der Waals surface area (Å²) in [4.78, 5) is 13.0. The van der Waals surface area contributed by atoms with Gasteiger partial charge in [-0.25, -0.2) is 0 Å². The van der Waals surface area contributed by atoms with Gasteiger partial charge in [0.25, 0.3) is 0 Å². The van der Waals surface area contributed by atoms with Crippen LogP contribution in [0.5, 0.6) is 0 Å². The van der Waals surface area contributed by atoms with Gasteiger partial charge in [0.1, 0.15) is 0 Å². The highest BCUT2D eigenvalue weighted by molar-refractivity contribution is 5.73. The molecule has 0 unspecified atom stereocenters. The minimum atomic E-state index is 0.226. The maximum Gasteiger partial charge on any atom is 0.219 e. The number of hydrogen-bond donors (Lipinski definition) is 0. The summed E-state index contributed by atoms with van der Waals surface area (Å²) in [5, 5.41) is 0. The van der Waals surface area contributed by atoms with E-state index in [0.29, 0.717) is 6.04 Å². The van der Waals surface area contributed by atoms with E-state index in [4.69, 9.17) is 0 Å². The number of carbonyl (C=O) groups excluding carboxylic acids is 1. The monoisotopic (exact) mass is 155 g/mol. The van der Waals surface area contributed by atoms with Gasteiger partial charge in [0.15, 0.2) is 0 Å². The number of hydrogen-bond acceptors (Lipinski definition) is 1. The van der Waals surface area contributed by atoms with Crippen molar-refractivity contribution in [3.05, 3.63) is 0 Å². The van der Waals surface area contributed by atoms with E-state index in [1.165, 1.54) is 12.8 Å². The lowest BCUT2D eigenvalue weighted by Crippen LogP contribution is -2.42. The molecule has 0 N–H and O–H groups in total.